The summed E-state index contributed by atoms with van der Waals surface area (Å²) in [6.07, 6.45) is 0.235. The molecule has 0 aliphatic heterocycles. The molecule has 1 atom stereocenters. The molecule has 0 bridgehead atoms. The highest BCUT2D eigenvalue weighted by atomic mass is 16.5. The van der Waals surface area contributed by atoms with Gasteiger partial charge in [-0.25, -0.2) is 4.98 Å². The molecule has 0 aliphatic carbocycles. The van der Waals surface area contributed by atoms with Crippen molar-refractivity contribution in [2.45, 2.75) is 19.6 Å². The third kappa shape index (κ3) is 5.58. The van der Waals surface area contributed by atoms with Crippen molar-refractivity contribution in [1.29, 1.82) is 5.41 Å². The van der Waals surface area contributed by atoms with Gasteiger partial charge in [-0.3, -0.25) is 15.0 Å². The maximum Gasteiger partial charge on any atom is 0.323 e. The first-order chi connectivity index (χ1) is 15.4. The molecule has 1 amide bonds. The predicted molar refractivity (Wildman–Crippen MR) is 117 cm³/mol. The van der Waals surface area contributed by atoms with Crippen LogP contribution in [-0.2, 0) is 20.9 Å². The van der Waals surface area contributed by atoms with Gasteiger partial charge in [0.25, 0.3) is 5.91 Å². The van der Waals surface area contributed by atoms with Gasteiger partial charge in [0.2, 0.25) is 5.89 Å². The van der Waals surface area contributed by atoms with Gasteiger partial charge in [-0.1, -0.05) is 42.5 Å². The molecule has 3 aromatic rings. The fraction of sp³-hybridized carbons (Fsp3) is 0.217. The number of nitrogen functional groups attached to an aromatic ring is 1. The summed E-state index contributed by atoms with van der Waals surface area (Å²) >= 11 is 0. The zero-order valence-electron chi connectivity index (χ0n) is 17.5. The Bertz CT molecular complexity index is 1080. The van der Waals surface area contributed by atoms with E-state index in [1.807, 2.05) is 30.3 Å². The molecule has 3 rings (SSSR count). The quantitative estimate of drug-likeness (QED) is 0.327. The number of aromatic nitrogens is 1. The third-order valence-electron chi connectivity index (χ3n) is 4.65. The van der Waals surface area contributed by atoms with Crippen LogP contribution in [0, 0.1) is 5.41 Å². The smallest absolute Gasteiger partial charge is 0.323 e. The molecule has 166 valence electrons. The summed E-state index contributed by atoms with van der Waals surface area (Å²) in [7, 11) is 0. The number of oxazole rings is 1. The molecular weight excluding hydrogens is 412 g/mol. The number of amides is 1. The second-order valence-electron chi connectivity index (χ2n) is 6.98. The summed E-state index contributed by atoms with van der Waals surface area (Å²) in [4.78, 5) is 30.3. The molecular formula is C23H24N4O5. The molecule has 0 aliphatic rings. The van der Waals surface area contributed by atoms with E-state index in [1.54, 1.807) is 31.2 Å². The van der Waals surface area contributed by atoms with Crippen LogP contribution in [0.4, 0.5) is 0 Å². The number of nitrogens with one attached hydrogen (secondary N) is 1. The van der Waals surface area contributed by atoms with Gasteiger partial charge in [-0.15, -0.1) is 0 Å². The van der Waals surface area contributed by atoms with E-state index in [2.05, 4.69) is 4.98 Å². The molecule has 0 fully saturated rings. The summed E-state index contributed by atoms with van der Waals surface area (Å²) in [6.45, 7) is 1.48. The Kier molecular flexibility index (Phi) is 7.35. The zero-order chi connectivity index (χ0) is 23.1. The van der Waals surface area contributed by atoms with E-state index in [-0.39, 0.29) is 24.7 Å². The summed E-state index contributed by atoms with van der Waals surface area (Å²) in [5.74, 6) is -1.44. The maximum atomic E-state index is 13.3. The fourth-order valence-corrected chi connectivity index (χ4v) is 3.12. The number of nitrogens with zero attached hydrogens (tertiary/aromatic N) is 2. The second-order valence-corrected chi connectivity index (χ2v) is 6.98. The topological polar surface area (TPSA) is 143 Å². The molecule has 9 heteroatoms. The van der Waals surface area contributed by atoms with Crippen LogP contribution in [0.2, 0.25) is 0 Å². The Hall–Kier alpha value is -3.98. The van der Waals surface area contributed by atoms with Crippen LogP contribution >= 0.6 is 0 Å². The average molecular weight is 436 g/mol. The third-order valence-corrected chi connectivity index (χ3v) is 4.65. The minimum absolute atomic E-state index is 0.0380. The second kappa shape index (κ2) is 10.4. The first-order valence-electron chi connectivity index (χ1n) is 9.95. The van der Waals surface area contributed by atoms with Gasteiger partial charge < -0.3 is 24.9 Å². The molecule has 2 aromatic carbocycles. The van der Waals surface area contributed by atoms with Crippen molar-refractivity contribution in [2.75, 3.05) is 13.2 Å². The Labute approximate surface area is 184 Å². The van der Waals surface area contributed by atoms with Gasteiger partial charge >= 0.3 is 5.97 Å². The van der Waals surface area contributed by atoms with E-state index in [0.29, 0.717) is 17.0 Å². The predicted octanol–water partition coefficient (Wildman–Crippen LogP) is 2.82. The standard InChI is InChI=1S/C23H24N4O5/c1-2-31-20(18-14-32-22(26-18)17-6-4-3-5-7-17)23(30)27(13-19(28)29)12-15-8-10-16(11-9-15)21(24)25/h3-11,14,20H,2,12-13H2,1H3,(H3,24,25)(H,28,29). The number of rotatable bonds is 10. The molecule has 4 N–H and O–H groups in total. The minimum atomic E-state index is -1.15. The molecule has 0 saturated carbocycles. The Balaban J connectivity index is 1.85. The van der Waals surface area contributed by atoms with Crippen LogP contribution < -0.4 is 5.73 Å². The highest BCUT2D eigenvalue weighted by molar-refractivity contribution is 5.94. The van der Waals surface area contributed by atoms with Crippen molar-refractivity contribution in [1.82, 2.24) is 9.88 Å². The number of carbonyl (C=O) groups excluding carboxylic acids is 1. The zero-order valence-corrected chi connectivity index (χ0v) is 17.5. The lowest BCUT2D eigenvalue weighted by Gasteiger charge is -2.25. The van der Waals surface area contributed by atoms with Crippen LogP contribution in [0.3, 0.4) is 0 Å². The lowest BCUT2D eigenvalue weighted by Crippen LogP contribution is -2.39. The molecule has 1 heterocycles. The fourth-order valence-electron chi connectivity index (χ4n) is 3.12. The van der Waals surface area contributed by atoms with Gasteiger partial charge in [-0.05, 0) is 24.6 Å². The Morgan fingerprint density at radius 3 is 2.47 bits per heavy atom. The lowest BCUT2D eigenvalue weighted by atomic mass is 10.1. The number of carbonyl (C=O) groups is 2. The maximum absolute atomic E-state index is 13.3. The van der Waals surface area contributed by atoms with Crippen molar-refractivity contribution >= 4 is 17.7 Å². The largest absolute Gasteiger partial charge is 0.480 e. The van der Waals surface area contributed by atoms with E-state index >= 15 is 0 Å². The van der Waals surface area contributed by atoms with Crippen molar-refractivity contribution < 1.29 is 23.8 Å². The Morgan fingerprint density at radius 2 is 1.88 bits per heavy atom. The number of carboxylic acid groups (broad SMARTS) is 1. The summed E-state index contributed by atoms with van der Waals surface area (Å²) < 4.78 is 11.2. The molecule has 0 saturated heterocycles. The Morgan fingerprint density at radius 1 is 1.19 bits per heavy atom. The van der Waals surface area contributed by atoms with Gasteiger partial charge in [-0.2, -0.15) is 0 Å². The molecule has 1 aromatic heterocycles. The van der Waals surface area contributed by atoms with Gasteiger partial charge in [0.1, 0.15) is 24.3 Å². The molecule has 1 unspecified atom stereocenters. The van der Waals surface area contributed by atoms with Gasteiger partial charge in [0.05, 0.1) is 0 Å². The number of aliphatic carboxylic acids is 1. The number of ether oxygens (including phenoxy) is 1. The number of carboxylic acids is 1. The van der Waals surface area contributed by atoms with E-state index < -0.39 is 24.5 Å². The molecule has 0 spiro atoms. The number of hydrogen-bond donors (Lipinski definition) is 3. The first-order valence-corrected chi connectivity index (χ1v) is 9.95. The number of amidine groups is 1. The lowest BCUT2D eigenvalue weighted by molar-refractivity contribution is -0.151. The van der Waals surface area contributed by atoms with Crippen LogP contribution in [0.15, 0.2) is 65.3 Å². The summed E-state index contributed by atoms with van der Waals surface area (Å²) in [5, 5.41) is 16.8. The van der Waals surface area contributed by atoms with E-state index in [1.165, 1.54) is 11.2 Å². The first kappa shape index (κ1) is 22.7. The van der Waals surface area contributed by atoms with Crippen LogP contribution in [-0.4, -0.2) is 45.9 Å². The molecule has 0 radical (unpaired) electrons. The van der Waals surface area contributed by atoms with Crippen LogP contribution in [0.1, 0.15) is 29.8 Å². The van der Waals surface area contributed by atoms with Gasteiger partial charge in [0.15, 0.2) is 6.10 Å². The van der Waals surface area contributed by atoms with Crippen molar-refractivity contribution in [3.05, 3.63) is 77.7 Å². The summed E-state index contributed by atoms with van der Waals surface area (Å²) in [5.41, 5.74) is 7.70. The van der Waals surface area contributed by atoms with E-state index in [4.69, 9.17) is 20.3 Å². The highest BCUT2D eigenvalue weighted by Gasteiger charge is 2.30. The normalized spacial score (nSPS) is 11.7. The van der Waals surface area contributed by atoms with Crippen molar-refractivity contribution in [2.24, 2.45) is 5.73 Å². The van der Waals surface area contributed by atoms with Crippen molar-refractivity contribution in [3.8, 4) is 11.5 Å². The highest BCUT2D eigenvalue weighted by Crippen LogP contribution is 2.25. The summed E-state index contributed by atoms with van der Waals surface area (Å²) in [6, 6.07) is 15.9. The van der Waals surface area contributed by atoms with E-state index in [0.717, 1.165) is 5.56 Å². The van der Waals surface area contributed by atoms with Gasteiger partial charge in [0, 0.05) is 24.3 Å². The van der Waals surface area contributed by atoms with Crippen LogP contribution in [0.25, 0.3) is 11.5 Å². The SMILES string of the molecule is CCOC(C(=O)N(CC(=O)O)Cc1ccc(C(=N)N)cc1)c1coc(-c2ccccc2)n1. The number of hydrogen-bond acceptors (Lipinski definition) is 6. The molecule has 9 nitrogen and oxygen atoms in total. The average Bonchev–Trinajstić information content (AvgIpc) is 3.27. The number of benzene rings is 2. The molecule has 32 heavy (non-hydrogen) atoms. The minimum Gasteiger partial charge on any atom is -0.480 e. The monoisotopic (exact) mass is 436 g/mol. The number of nitrogens with two attached hydrogens (primary N) is 1. The van der Waals surface area contributed by atoms with E-state index in [9.17, 15) is 14.7 Å². The van der Waals surface area contributed by atoms with Crippen molar-refractivity contribution in [3.63, 3.8) is 0 Å². The van der Waals surface area contributed by atoms with Crippen LogP contribution in [0.5, 0.6) is 0 Å².